The van der Waals surface area contributed by atoms with Crippen molar-refractivity contribution >= 4 is 12.2 Å². The molecule has 0 fully saturated rings. The molecule has 0 radical (unpaired) electrons. The van der Waals surface area contributed by atoms with Crippen molar-refractivity contribution in [3.63, 3.8) is 0 Å². The van der Waals surface area contributed by atoms with E-state index in [2.05, 4.69) is 37.8 Å². The lowest BCUT2D eigenvalue weighted by atomic mass is 10.5. The molecular formula is C4H3N5OS. The fourth-order valence-corrected chi connectivity index (χ4v) is 0.769. The van der Waals surface area contributed by atoms with Crippen molar-refractivity contribution in [3.05, 3.63) is 11.0 Å². The highest BCUT2D eigenvalue weighted by atomic mass is 32.1. The standard InChI is InChI=1S/C4H3N5OS/c11-4-8-7-3(10-4)2-1-5-9-6-2/h1H,(H,8,11)(H,5,6,9). The number of nitrogens with one attached hydrogen (secondary N) is 2. The molecule has 6 nitrogen and oxygen atoms in total. The molecule has 0 spiro atoms. The summed E-state index contributed by atoms with van der Waals surface area (Å²) in [6.07, 6.45) is 1.49. The molecular weight excluding hydrogens is 166 g/mol. The molecule has 0 saturated heterocycles. The van der Waals surface area contributed by atoms with Gasteiger partial charge in [0.2, 0.25) is 0 Å². The van der Waals surface area contributed by atoms with Gasteiger partial charge in [-0.05, 0) is 12.2 Å². The van der Waals surface area contributed by atoms with Gasteiger partial charge in [-0.15, -0.1) is 5.10 Å². The van der Waals surface area contributed by atoms with Crippen LogP contribution in [0.2, 0.25) is 0 Å². The molecule has 0 amide bonds. The number of aromatic nitrogens is 5. The molecule has 2 heterocycles. The average molecular weight is 169 g/mol. The molecule has 0 saturated carbocycles. The summed E-state index contributed by atoms with van der Waals surface area (Å²) in [5.74, 6) is 0.337. The second-order valence-corrected chi connectivity index (χ2v) is 2.14. The quantitative estimate of drug-likeness (QED) is 0.608. The first-order valence-corrected chi connectivity index (χ1v) is 3.19. The van der Waals surface area contributed by atoms with Crippen LogP contribution in [0.1, 0.15) is 0 Å². The van der Waals surface area contributed by atoms with E-state index in [0.29, 0.717) is 11.6 Å². The van der Waals surface area contributed by atoms with E-state index >= 15 is 0 Å². The van der Waals surface area contributed by atoms with Crippen LogP contribution in [0.15, 0.2) is 10.6 Å². The average Bonchev–Trinajstić information content (AvgIpc) is 2.55. The SMILES string of the molecule is S=c1[nH]nc(-c2cn[nH]n2)o1. The molecule has 2 rings (SSSR count). The molecule has 0 aliphatic rings. The number of hydrogen-bond donors (Lipinski definition) is 2. The van der Waals surface area contributed by atoms with E-state index in [1.165, 1.54) is 6.20 Å². The molecule has 56 valence electrons. The normalized spacial score (nSPS) is 10.2. The Morgan fingerprint density at radius 2 is 2.36 bits per heavy atom. The van der Waals surface area contributed by atoms with E-state index < -0.39 is 0 Å². The van der Waals surface area contributed by atoms with Gasteiger partial charge in [0.1, 0.15) is 0 Å². The molecule has 2 aromatic rings. The minimum atomic E-state index is 0.225. The van der Waals surface area contributed by atoms with Crippen LogP contribution in [0.3, 0.4) is 0 Å². The van der Waals surface area contributed by atoms with Gasteiger partial charge in [-0.25, -0.2) is 5.10 Å². The molecule has 0 atom stereocenters. The number of rotatable bonds is 1. The number of hydrogen-bond acceptors (Lipinski definition) is 5. The topological polar surface area (TPSA) is 83.4 Å². The maximum atomic E-state index is 4.95. The summed E-state index contributed by atoms with van der Waals surface area (Å²) in [4.78, 5) is 0.225. The Labute approximate surface area is 65.6 Å². The largest absolute Gasteiger partial charge is 0.408 e. The van der Waals surface area contributed by atoms with Crippen LogP contribution < -0.4 is 0 Å². The summed E-state index contributed by atoms with van der Waals surface area (Å²) in [5.41, 5.74) is 0.525. The molecule has 0 aromatic carbocycles. The van der Waals surface area contributed by atoms with Crippen molar-refractivity contribution in [2.75, 3.05) is 0 Å². The lowest BCUT2D eigenvalue weighted by Crippen LogP contribution is -1.76. The molecule has 0 aliphatic heterocycles. The van der Waals surface area contributed by atoms with Gasteiger partial charge in [0.25, 0.3) is 10.7 Å². The van der Waals surface area contributed by atoms with Crippen LogP contribution in [-0.4, -0.2) is 25.6 Å². The highest BCUT2D eigenvalue weighted by Gasteiger charge is 2.05. The predicted molar refractivity (Wildman–Crippen MR) is 37.1 cm³/mol. The molecule has 11 heavy (non-hydrogen) atoms. The fourth-order valence-electron chi connectivity index (χ4n) is 0.644. The molecule has 0 bridgehead atoms. The Bertz CT molecular complexity index is 387. The van der Waals surface area contributed by atoms with Crippen molar-refractivity contribution in [1.82, 2.24) is 25.6 Å². The van der Waals surface area contributed by atoms with Gasteiger partial charge in [0.15, 0.2) is 5.69 Å². The Kier molecular flexibility index (Phi) is 1.29. The van der Waals surface area contributed by atoms with Crippen molar-refractivity contribution in [1.29, 1.82) is 0 Å². The van der Waals surface area contributed by atoms with Crippen LogP contribution in [0, 0.1) is 4.84 Å². The lowest BCUT2D eigenvalue weighted by Gasteiger charge is -1.78. The van der Waals surface area contributed by atoms with Gasteiger partial charge in [0.05, 0.1) is 6.20 Å². The number of nitrogens with zero attached hydrogens (tertiary/aromatic N) is 3. The summed E-state index contributed by atoms with van der Waals surface area (Å²) < 4.78 is 4.95. The zero-order valence-corrected chi connectivity index (χ0v) is 6.05. The minimum absolute atomic E-state index is 0.225. The molecule has 0 aliphatic carbocycles. The zero-order valence-electron chi connectivity index (χ0n) is 5.24. The van der Waals surface area contributed by atoms with E-state index in [0.717, 1.165) is 0 Å². The molecule has 2 N–H and O–H groups in total. The van der Waals surface area contributed by atoms with E-state index in [9.17, 15) is 0 Å². The Morgan fingerprint density at radius 1 is 1.45 bits per heavy atom. The van der Waals surface area contributed by atoms with Crippen LogP contribution in [-0.2, 0) is 0 Å². The Balaban J connectivity index is 2.53. The van der Waals surface area contributed by atoms with E-state index in [-0.39, 0.29) is 4.84 Å². The first kappa shape index (κ1) is 6.23. The minimum Gasteiger partial charge on any atom is -0.408 e. The third-order valence-corrected chi connectivity index (χ3v) is 1.25. The molecule has 7 heteroatoms. The van der Waals surface area contributed by atoms with Crippen molar-refractivity contribution in [2.45, 2.75) is 0 Å². The zero-order chi connectivity index (χ0) is 7.68. The first-order valence-electron chi connectivity index (χ1n) is 2.78. The van der Waals surface area contributed by atoms with E-state index in [4.69, 9.17) is 4.42 Å². The maximum Gasteiger partial charge on any atom is 0.284 e. The second kappa shape index (κ2) is 2.27. The third kappa shape index (κ3) is 1.05. The summed E-state index contributed by atoms with van der Waals surface area (Å²) in [5, 5.41) is 16.0. The van der Waals surface area contributed by atoms with E-state index in [1.807, 2.05) is 0 Å². The van der Waals surface area contributed by atoms with Crippen molar-refractivity contribution in [2.24, 2.45) is 0 Å². The van der Waals surface area contributed by atoms with Gasteiger partial charge in [0, 0.05) is 0 Å². The Hall–Kier alpha value is -1.50. The lowest BCUT2D eigenvalue weighted by molar-refractivity contribution is 0.549. The van der Waals surface area contributed by atoms with E-state index in [1.54, 1.807) is 0 Å². The van der Waals surface area contributed by atoms with Gasteiger partial charge in [-0.3, -0.25) is 0 Å². The molecule has 2 aromatic heterocycles. The maximum absolute atomic E-state index is 4.95. The fraction of sp³-hybridized carbons (Fsp3) is 0. The first-order chi connectivity index (χ1) is 5.36. The Morgan fingerprint density at radius 3 is 2.91 bits per heavy atom. The number of H-pyrrole nitrogens is 2. The van der Waals surface area contributed by atoms with Crippen LogP contribution in [0.25, 0.3) is 11.6 Å². The number of aromatic amines is 2. The third-order valence-electron chi connectivity index (χ3n) is 1.07. The predicted octanol–water partition coefficient (Wildman–Crippen LogP) is 0.517. The monoisotopic (exact) mass is 169 g/mol. The molecule has 0 unspecified atom stereocenters. The summed E-state index contributed by atoms with van der Waals surface area (Å²) in [6.45, 7) is 0. The van der Waals surface area contributed by atoms with Crippen LogP contribution in [0.4, 0.5) is 0 Å². The van der Waals surface area contributed by atoms with Gasteiger partial charge >= 0.3 is 0 Å². The van der Waals surface area contributed by atoms with Crippen LogP contribution in [0.5, 0.6) is 0 Å². The van der Waals surface area contributed by atoms with Gasteiger partial charge in [-0.1, -0.05) is 0 Å². The second-order valence-electron chi connectivity index (χ2n) is 1.77. The smallest absolute Gasteiger partial charge is 0.284 e. The summed E-state index contributed by atoms with van der Waals surface area (Å²) >= 11 is 4.66. The van der Waals surface area contributed by atoms with Gasteiger partial charge < -0.3 is 4.42 Å². The summed E-state index contributed by atoms with van der Waals surface area (Å²) in [6, 6.07) is 0. The summed E-state index contributed by atoms with van der Waals surface area (Å²) in [7, 11) is 0. The van der Waals surface area contributed by atoms with Crippen molar-refractivity contribution < 1.29 is 4.42 Å². The van der Waals surface area contributed by atoms with Crippen LogP contribution >= 0.6 is 12.2 Å². The van der Waals surface area contributed by atoms with Gasteiger partial charge in [-0.2, -0.15) is 15.4 Å². The highest BCUT2D eigenvalue weighted by molar-refractivity contribution is 7.71. The highest BCUT2D eigenvalue weighted by Crippen LogP contribution is 2.09. The van der Waals surface area contributed by atoms with Crippen molar-refractivity contribution in [3.8, 4) is 11.6 Å².